The number of alkyl halides is 3. The minimum Gasteiger partial charge on any atom is -0.251 e. The van der Waals surface area contributed by atoms with E-state index in [0.717, 1.165) is 47.6 Å². The molecule has 0 aliphatic rings. The molecule has 2 aromatic carbocycles. The van der Waals surface area contributed by atoms with Crippen LogP contribution >= 0.6 is 0 Å². The molecule has 3 rings (SSSR count). The predicted octanol–water partition coefficient (Wildman–Crippen LogP) is 8.09. The van der Waals surface area contributed by atoms with E-state index in [1.54, 1.807) is 18.2 Å². The van der Waals surface area contributed by atoms with Gasteiger partial charge in [0.1, 0.15) is 11.5 Å². The zero-order valence-electron chi connectivity index (χ0n) is 17.0. The molecule has 1 heterocycles. The highest BCUT2D eigenvalue weighted by Gasteiger charge is 2.32. The van der Waals surface area contributed by atoms with E-state index in [4.69, 9.17) is 0 Å². The van der Waals surface area contributed by atoms with Crippen molar-refractivity contribution >= 4 is 0 Å². The third kappa shape index (κ3) is 5.68. The van der Waals surface area contributed by atoms with Crippen molar-refractivity contribution in [2.45, 2.75) is 51.6 Å². The fraction of sp³-hybridized carbons (Fsp3) is 0.320. The SMILES string of the molecule is CCCCCCCc1ccc(-c2ccc(-c3ccc(C(F)(F)F)nc3)cc2)cc1F. The van der Waals surface area contributed by atoms with Gasteiger partial charge in [0.25, 0.3) is 0 Å². The van der Waals surface area contributed by atoms with Gasteiger partial charge in [0.15, 0.2) is 0 Å². The molecule has 0 saturated carbocycles. The molecule has 0 atom stereocenters. The van der Waals surface area contributed by atoms with Crippen molar-refractivity contribution in [2.75, 3.05) is 0 Å². The summed E-state index contributed by atoms with van der Waals surface area (Å²) in [7, 11) is 0. The van der Waals surface area contributed by atoms with Gasteiger partial charge in [0.05, 0.1) is 0 Å². The summed E-state index contributed by atoms with van der Waals surface area (Å²) >= 11 is 0. The fourth-order valence-electron chi connectivity index (χ4n) is 3.44. The summed E-state index contributed by atoms with van der Waals surface area (Å²) in [5.74, 6) is -0.195. The summed E-state index contributed by atoms with van der Waals surface area (Å²) in [6, 6.07) is 15.0. The van der Waals surface area contributed by atoms with Crippen molar-refractivity contribution in [3.8, 4) is 22.3 Å². The molecule has 0 fully saturated rings. The Bertz CT molecular complexity index is 944. The average Bonchev–Trinajstić information content (AvgIpc) is 2.74. The first-order valence-corrected chi connectivity index (χ1v) is 10.3. The van der Waals surface area contributed by atoms with Crippen molar-refractivity contribution < 1.29 is 17.6 Å². The van der Waals surface area contributed by atoms with Crippen LogP contribution in [-0.4, -0.2) is 4.98 Å². The summed E-state index contributed by atoms with van der Waals surface area (Å²) in [6.45, 7) is 2.17. The number of aryl methyl sites for hydroxylation is 1. The second kappa shape index (κ2) is 9.88. The number of hydrogen-bond donors (Lipinski definition) is 0. The van der Waals surface area contributed by atoms with E-state index in [1.165, 1.54) is 31.5 Å². The summed E-state index contributed by atoms with van der Waals surface area (Å²) < 4.78 is 52.4. The van der Waals surface area contributed by atoms with Crippen LogP contribution < -0.4 is 0 Å². The molecule has 0 amide bonds. The molecule has 0 aliphatic heterocycles. The Hall–Kier alpha value is -2.69. The topological polar surface area (TPSA) is 12.9 Å². The van der Waals surface area contributed by atoms with Gasteiger partial charge in [0, 0.05) is 11.8 Å². The summed E-state index contributed by atoms with van der Waals surface area (Å²) in [5.41, 5.74) is 2.81. The minimum absolute atomic E-state index is 0.195. The molecule has 1 nitrogen and oxygen atoms in total. The lowest BCUT2D eigenvalue weighted by Crippen LogP contribution is -2.07. The monoisotopic (exact) mass is 415 g/mol. The van der Waals surface area contributed by atoms with E-state index in [9.17, 15) is 17.6 Å². The number of hydrogen-bond acceptors (Lipinski definition) is 1. The lowest BCUT2D eigenvalue weighted by atomic mass is 9.98. The Morgan fingerprint density at radius 2 is 1.33 bits per heavy atom. The Labute approximate surface area is 174 Å². The van der Waals surface area contributed by atoms with Crippen molar-refractivity contribution in [3.63, 3.8) is 0 Å². The van der Waals surface area contributed by atoms with E-state index in [2.05, 4.69) is 11.9 Å². The van der Waals surface area contributed by atoms with Gasteiger partial charge < -0.3 is 0 Å². The molecule has 3 aromatic rings. The Kier molecular flexibility index (Phi) is 7.24. The van der Waals surface area contributed by atoms with Crippen LogP contribution in [0, 0.1) is 5.82 Å². The van der Waals surface area contributed by atoms with Crippen molar-refractivity contribution in [1.29, 1.82) is 0 Å². The van der Waals surface area contributed by atoms with Gasteiger partial charge in [0.2, 0.25) is 0 Å². The second-order valence-corrected chi connectivity index (χ2v) is 7.48. The molecule has 0 saturated heterocycles. The number of unbranched alkanes of at least 4 members (excludes halogenated alkanes) is 4. The van der Waals surface area contributed by atoms with Crippen LogP contribution in [0.1, 0.15) is 50.3 Å². The predicted molar refractivity (Wildman–Crippen MR) is 113 cm³/mol. The molecule has 0 unspecified atom stereocenters. The van der Waals surface area contributed by atoms with Crippen LogP contribution in [0.15, 0.2) is 60.8 Å². The number of halogens is 4. The van der Waals surface area contributed by atoms with Crippen LogP contribution in [0.3, 0.4) is 0 Å². The lowest BCUT2D eigenvalue weighted by Gasteiger charge is -2.09. The van der Waals surface area contributed by atoms with Gasteiger partial charge >= 0.3 is 6.18 Å². The Balaban J connectivity index is 1.68. The highest BCUT2D eigenvalue weighted by atomic mass is 19.4. The largest absolute Gasteiger partial charge is 0.433 e. The minimum atomic E-state index is -4.45. The number of nitrogens with zero attached hydrogens (tertiary/aromatic N) is 1. The highest BCUT2D eigenvalue weighted by Crippen LogP contribution is 2.30. The standard InChI is InChI=1S/C25H25F4N/c1-2-3-4-5-6-7-20-12-13-21(16-23(20)26)18-8-10-19(11-9-18)22-14-15-24(30-17-22)25(27,28)29/h8-17H,2-7H2,1H3. The summed E-state index contributed by atoms with van der Waals surface area (Å²) in [6.07, 6.45) is 3.23. The van der Waals surface area contributed by atoms with Gasteiger partial charge in [-0.25, -0.2) is 4.39 Å². The number of pyridine rings is 1. The molecule has 0 N–H and O–H groups in total. The molecule has 0 aliphatic carbocycles. The van der Waals surface area contributed by atoms with Crippen molar-refractivity contribution in [1.82, 2.24) is 4.98 Å². The van der Waals surface area contributed by atoms with Crippen LogP contribution in [0.4, 0.5) is 17.6 Å². The maximum Gasteiger partial charge on any atom is 0.433 e. The van der Waals surface area contributed by atoms with Crippen LogP contribution in [0.25, 0.3) is 22.3 Å². The number of benzene rings is 2. The molecule has 30 heavy (non-hydrogen) atoms. The van der Waals surface area contributed by atoms with Gasteiger partial charge in [-0.3, -0.25) is 4.98 Å². The van der Waals surface area contributed by atoms with Gasteiger partial charge in [-0.15, -0.1) is 0 Å². The first-order valence-electron chi connectivity index (χ1n) is 10.3. The summed E-state index contributed by atoms with van der Waals surface area (Å²) in [5, 5.41) is 0. The van der Waals surface area contributed by atoms with E-state index >= 15 is 0 Å². The zero-order valence-corrected chi connectivity index (χ0v) is 17.0. The molecule has 5 heteroatoms. The normalized spacial score (nSPS) is 11.6. The van der Waals surface area contributed by atoms with Crippen molar-refractivity contribution in [2.24, 2.45) is 0 Å². The molecular formula is C25H25F4N. The van der Waals surface area contributed by atoms with Crippen molar-refractivity contribution in [3.05, 3.63) is 77.9 Å². The fourth-order valence-corrected chi connectivity index (χ4v) is 3.44. The molecular weight excluding hydrogens is 390 g/mol. The third-order valence-electron chi connectivity index (χ3n) is 5.21. The van der Waals surface area contributed by atoms with E-state index < -0.39 is 11.9 Å². The average molecular weight is 415 g/mol. The quantitative estimate of drug-likeness (QED) is 0.268. The maximum atomic E-state index is 14.5. The Morgan fingerprint density at radius 3 is 1.90 bits per heavy atom. The number of aromatic nitrogens is 1. The first-order chi connectivity index (χ1) is 14.4. The zero-order chi connectivity index (χ0) is 21.6. The molecule has 158 valence electrons. The highest BCUT2D eigenvalue weighted by molar-refractivity contribution is 5.70. The van der Waals surface area contributed by atoms with Crippen LogP contribution in [-0.2, 0) is 12.6 Å². The second-order valence-electron chi connectivity index (χ2n) is 7.48. The Morgan fingerprint density at radius 1 is 0.733 bits per heavy atom. The molecule has 0 spiro atoms. The van der Waals surface area contributed by atoms with Crippen LogP contribution in [0.5, 0.6) is 0 Å². The molecule has 0 radical (unpaired) electrons. The van der Waals surface area contributed by atoms with Gasteiger partial charge in [-0.2, -0.15) is 13.2 Å². The van der Waals surface area contributed by atoms with E-state index in [1.807, 2.05) is 24.3 Å². The third-order valence-corrected chi connectivity index (χ3v) is 5.21. The molecule has 0 bridgehead atoms. The smallest absolute Gasteiger partial charge is 0.251 e. The van der Waals surface area contributed by atoms with E-state index in [-0.39, 0.29) is 5.82 Å². The summed E-state index contributed by atoms with van der Waals surface area (Å²) in [4.78, 5) is 3.49. The lowest BCUT2D eigenvalue weighted by molar-refractivity contribution is -0.141. The van der Waals surface area contributed by atoms with E-state index in [0.29, 0.717) is 5.56 Å². The number of rotatable bonds is 8. The van der Waals surface area contributed by atoms with Crippen LogP contribution in [0.2, 0.25) is 0 Å². The maximum absolute atomic E-state index is 14.5. The van der Waals surface area contributed by atoms with Gasteiger partial charge in [-0.1, -0.05) is 75.1 Å². The van der Waals surface area contributed by atoms with Gasteiger partial charge in [-0.05, 0) is 47.2 Å². The molecule has 1 aromatic heterocycles. The first kappa shape index (κ1) is 22.0.